The lowest BCUT2D eigenvalue weighted by Gasteiger charge is -2.33. The van der Waals surface area contributed by atoms with Gasteiger partial charge in [0.15, 0.2) is 0 Å². The van der Waals surface area contributed by atoms with Gasteiger partial charge in [-0.2, -0.15) is 4.31 Å². The number of aromatic nitrogens is 2. The molecule has 1 aliphatic rings. The molecule has 3 aromatic carbocycles. The van der Waals surface area contributed by atoms with Gasteiger partial charge in [0.05, 0.1) is 28.2 Å². The second-order valence-corrected chi connectivity index (χ2v) is 10.7. The van der Waals surface area contributed by atoms with Crippen LogP contribution < -0.4 is 5.32 Å². The molecular formula is C27H27N5O5S. The van der Waals surface area contributed by atoms with E-state index in [0.29, 0.717) is 17.1 Å². The third-order valence-electron chi connectivity index (χ3n) is 6.34. The molecule has 1 saturated heterocycles. The summed E-state index contributed by atoms with van der Waals surface area (Å²) in [7, 11) is -3.77. The van der Waals surface area contributed by atoms with Crippen LogP contribution in [0.1, 0.15) is 17.3 Å². The van der Waals surface area contributed by atoms with Gasteiger partial charge < -0.3 is 19.9 Å². The molecule has 0 aliphatic carbocycles. The Bertz CT molecular complexity index is 1540. The topological polar surface area (TPSA) is 125 Å². The molecule has 2 amide bonds. The second kappa shape index (κ2) is 10.6. The van der Waals surface area contributed by atoms with Crippen LogP contribution in [0.25, 0.3) is 22.4 Å². The minimum atomic E-state index is -3.77. The SMILES string of the molecule is CCOC(=O)N1CCN(S(=O)(=O)c2ccc(C(=O)Nc3ccccc3-c3nc4ccccc4[nH]3)cc2)CC1. The number of hydrogen-bond donors (Lipinski definition) is 2. The number of fused-ring (bicyclic) bond motifs is 1. The van der Waals surface area contributed by atoms with Crippen molar-refractivity contribution in [3.05, 3.63) is 78.4 Å². The Hall–Kier alpha value is -4.22. The zero-order valence-electron chi connectivity index (χ0n) is 20.8. The number of piperazine rings is 1. The normalized spacial score (nSPS) is 14.4. The minimum absolute atomic E-state index is 0.0845. The molecule has 4 aromatic rings. The third kappa shape index (κ3) is 5.11. The van der Waals surface area contributed by atoms with Gasteiger partial charge in [0.2, 0.25) is 10.0 Å². The molecule has 196 valence electrons. The van der Waals surface area contributed by atoms with Crippen LogP contribution in [-0.4, -0.2) is 72.4 Å². The van der Waals surface area contributed by atoms with E-state index in [2.05, 4.69) is 15.3 Å². The first-order valence-electron chi connectivity index (χ1n) is 12.2. The summed E-state index contributed by atoms with van der Waals surface area (Å²) >= 11 is 0. The fourth-order valence-electron chi connectivity index (χ4n) is 4.33. The molecule has 10 nitrogen and oxygen atoms in total. The second-order valence-electron chi connectivity index (χ2n) is 8.72. The number of hydrogen-bond acceptors (Lipinski definition) is 6. The minimum Gasteiger partial charge on any atom is -0.450 e. The molecule has 2 N–H and O–H groups in total. The number of para-hydroxylation sites is 3. The number of nitrogens with zero attached hydrogens (tertiary/aromatic N) is 3. The number of H-pyrrole nitrogens is 1. The quantitative estimate of drug-likeness (QED) is 0.387. The largest absolute Gasteiger partial charge is 0.450 e. The van der Waals surface area contributed by atoms with Gasteiger partial charge >= 0.3 is 6.09 Å². The summed E-state index contributed by atoms with van der Waals surface area (Å²) in [6.07, 6.45) is -0.443. The van der Waals surface area contributed by atoms with E-state index in [4.69, 9.17) is 4.74 Å². The highest BCUT2D eigenvalue weighted by Crippen LogP contribution is 2.28. The summed E-state index contributed by atoms with van der Waals surface area (Å²) in [6.45, 7) is 2.83. The number of sulfonamides is 1. The summed E-state index contributed by atoms with van der Waals surface area (Å²) in [5.74, 6) is 0.257. The van der Waals surface area contributed by atoms with Crippen LogP contribution >= 0.6 is 0 Å². The molecule has 1 aliphatic heterocycles. The van der Waals surface area contributed by atoms with Crippen molar-refractivity contribution in [3.8, 4) is 11.4 Å². The maximum Gasteiger partial charge on any atom is 0.409 e. The Kier molecular flexibility index (Phi) is 7.12. The smallest absolute Gasteiger partial charge is 0.409 e. The Morgan fingerprint density at radius 3 is 2.34 bits per heavy atom. The van der Waals surface area contributed by atoms with Crippen molar-refractivity contribution in [2.24, 2.45) is 0 Å². The van der Waals surface area contributed by atoms with Crippen LogP contribution in [0, 0.1) is 0 Å². The van der Waals surface area contributed by atoms with Gasteiger partial charge in [0.1, 0.15) is 5.82 Å². The summed E-state index contributed by atoms with van der Waals surface area (Å²) in [4.78, 5) is 34.4. The van der Waals surface area contributed by atoms with E-state index in [-0.39, 0.29) is 43.6 Å². The maximum atomic E-state index is 13.1. The monoisotopic (exact) mass is 533 g/mol. The predicted octanol–water partition coefficient (Wildman–Crippen LogP) is 3.95. The van der Waals surface area contributed by atoms with Crippen molar-refractivity contribution in [1.82, 2.24) is 19.2 Å². The van der Waals surface area contributed by atoms with E-state index in [1.54, 1.807) is 13.0 Å². The maximum absolute atomic E-state index is 13.1. The highest BCUT2D eigenvalue weighted by atomic mass is 32.2. The molecule has 0 unspecified atom stereocenters. The molecule has 2 heterocycles. The number of aromatic amines is 1. The van der Waals surface area contributed by atoms with Crippen molar-refractivity contribution in [1.29, 1.82) is 0 Å². The van der Waals surface area contributed by atoms with Crippen molar-refractivity contribution < 1.29 is 22.7 Å². The Balaban J connectivity index is 1.28. The van der Waals surface area contributed by atoms with Gasteiger partial charge in [0.25, 0.3) is 5.91 Å². The number of imidazole rings is 1. The first kappa shape index (κ1) is 25.4. The molecule has 0 spiro atoms. The van der Waals surface area contributed by atoms with Gasteiger partial charge in [-0.3, -0.25) is 4.79 Å². The number of anilines is 1. The average Bonchev–Trinajstić information content (AvgIpc) is 3.38. The number of carbonyl (C=O) groups is 2. The van der Waals surface area contributed by atoms with E-state index >= 15 is 0 Å². The third-order valence-corrected chi connectivity index (χ3v) is 8.25. The highest BCUT2D eigenvalue weighted by molar-refractivity contribution is 7.89. The van der Waals surface area contributed by atoms with Gasteiger partial charge in [-0.25, -0.2) is 18.2 Å². The average molecular weight is 534 g/mol. The lowest BCUT2D eigenvalue weighted by molar-refractivity contribution is 0.0933. The number of amides is 2. The van der Waals surface area contributed by atoms with Crippen molar-refractivity contribution >= 4 is 38.7 Å². The molecule has 38 heavy (non-hydrogen) atoms. The number of nitrogens with one attached hydrogen (secondary N) is 2. The van der Waals surface area contributed by atoms with Gasteiger partial charge in [-0.15, -0.1) is 0 Å². The molecule has 0 saturated carbocycles. The van der Waals surface area contributed by atoms with E-state index in [0.717, 1.165) is 16.6 Å². The van der Waals surface area contributed by atoms with Crippen LogP contribution in [0.4, 0.5) is 10.5 Å². The Morgan fingerprint density at radius 1 is 0.947 bits per heavy atom. The molecule has 0 bridgehead atoms. The fraction of sp³-hybridized carbons (Fsp3) is 0.222. The van der Waals surface area contributed by atoms with Crippen molar-refractivity contribution in [3.63, 3.8) is 0 Å². The summed E-state index contributed by atoms with van der Waals surface area (Å²) in [5.41, 5.74) is 3.34. The fourth-order valence-corrected chi connectivity index (χ4v) is 5.75. The highest BCUT2D eigenvalue weighted by Gasteiger charge is 2.30. The lowest BCUT2D eigenvalue weighted by atomic mass is 10.1. The van der Waals surface area contributed by atoms with Crippen molar-refractivity contribution in [2.75, 3.05) is 38.1 Å². The number of benzene rings is 3. The van der Waals surface area contributed by atoms with E-state index < -0.39 is 16.1 Å². The van der Waals surface area contributed by atoms with Crippen LogP contribution in [0.5, 0.6) is 0 Å². The standard InChI is InChI=1S/C27H27N5O5S/c1-2-37-27(34)31-15-17-32(18-16-31)38(35,36)20-13-11-19(12-14-20)26(33)30-22-8-4-3-7-21(22)25-28-23-9-5-6-10-24(23)29-25/h3-14H,2,15-18H2,1H3,(H,28,29)(H,30,33). The van der Waals surface area contributed by atoms with E-state index in [1.807, 2.05) is 42.5 Å². The number of rotatable bonds is 6. The first-order chi connectivity index (χ1) is 18.4. The van der Waals surface area contributed by atoms with E-state index in [1.165, 1.54) is 33.5 Å². The Morgan fingerprint density at radius 2 is 1.63 bits per heavy atom. The Labute approximate surface area is 220 Å². The van der Waals surface area contributed by atoms with Gasteiger partial charge in [-0.1, -0.05) is 24.3 Å². The van der Waals surface area contributed by atoms with Crippen molar-refractivity contribution in [2.45, 2.75) is 11.8 Å². The van der Waals surface area contributed by atoms with Crippen LogP contribution in [0.2, 0.25) is 0 Å². The molecule has 0 radical (unpaired) electrons. The summed E-state index contributed by atoms with van der Waals surface area (Å²) < 4.78 is 32.6. The zero-order chi connectivity index (χ0) is 26.7. The molecule has 5 rings (SSSR count). The molecule has 11 heteroatoms. The molecular weight excluding hydrogens is 506 g/mol. The predicted molar refractivity (Wildman–Crippen MR) is 143 cm³/mol. The summed E-state index contributed by atoms with van der Waals surface area (Å²) in [5, 5.41) is 2.91. The van der Waals surface area contributed by atoms with Crippen LogP contribution in [0.15, 0.2) is 77.7 Å². The number of carbonyl (C=O) groups excluding carboxylic acids is 2. The van der Waals surface area contributed by atoms with Crippen LogP contribution in [0.3, 0.4) is 0 Å². The van der Waals surface area contributed by atoms with Gasteiger partial charge in [-0.05, 0) is 55.5 Å². The van der Waals surface area contributed by atoms with Gasteiger partial charge in [0, 0.05) is 37.3 Å². The van der Waals surface area contributed by atoms with E-state index in [9.17, 15) is 18.0 Å². The van der Waals surface area contributed by atoms with Crippen LogP contribution in [-0.2, 0) is 14.8 Å². The summed E-state index contributed by atoms with van der Waals surface area (Å²) in [6, 6.07) is 20.8. The first-order valence-corrected chi connectivity index (χ1v) is 13.7. The molecule has 1 aromatic heterocycles. The lowest BCUT2D eigenvalue weighted by Crippen LogP contribution is -2.50. The zero-order valence-corrected chi connectivity index (χ0v) is 21.6. The number of ether oxygens (including phenoxy) is 1. The molecule has 0 atom stereocenters. The molecule has 1 fully saturated rings.